The van der Waals surface area contributed by atoms with E-state index in [9.17, 15) is 0 Å². The van der Waals surface area contributed by atoms with E-state index < -0.39 is 0 Å². The Kier molecular flexibility index (Phi) is 5.74. The van der Waals surface area contributed by atoms with Gasteiger partial charge in [0, 0.05) is 32.6 Å². The van der Waals surface area contributed by atoms with E-state index in [1.807, 2.05) is 47.9 Å². The Balaban J connectivity index is 1.33. The van der Waals surface area contributed by atoms with Gasteiger partial charge >= 0.3 is 0 Å². The summed E-state index contributed by atoms with van der Waals surface area (Å²) < 4.78 is 2.60. The third kappa shape index (κ3) is 4.18. The molecule has 3 heteroatoms. The van der Waals surface area contributed by atoms with Crippen LogP contribution in [0.25, 0.3) is 69.5 Å². The van der Waals surface area contributed by atoms with Crippen molar-refractivity contribution in [3.8, 4) is 44.5 Å². The van der Waals surface area contributed by atoms with E-state index >= 15 is 0 Å². The molecule has 0 radical (unpaired) electrons. The van der Waals surface area contributed by atoms with Crippen LogP contribution in [0.2, 0.25) is 0 Å². The summed E-state index contributed by atoms with van der Waals surface area (Å²) >= 11 is 1.87. The Bertz CT molecular complexity index is 2000. The van der Waals surface area contributed by atoms with Crippen LogP contribution in [-0.2, 0) is 0 Å². The first-order valence-electron chi connectivity index (χ1n) is 12.8. The lowest BCUT2D eigenvalue weighted by Crippen LogP contribution is -1.82. The molecule has 0 atom stereocenters. The average Bonchev–Trinajstić information content (AvgIpc) is 3.41. The summed E-state index contributed by atoms with van der Waals surface area (Å²) in [6, 6.07) is 42.6. The number of benzene rings is 5. The Morgan fingerprint density at radius 3 is 1.74 bits per heavy atom. The number of hydrogen-bond donors (Lipinski definition) is 0. The lowest BCUT2D eigenvalue weighted by molar-refractivity contribution is 1.33. The number of nitrogens with zero attached hydrogens (tertiary/aromatic N) is 2. The van der Waals surface area contributed by atoms with Crippen LogP contribution in [0, 0.1) is 6.57 Å². The normalized spacial score (nSPS) is 11.1. The van der Waals surface area contributed by atoms with Crippen molar-refractivity contribution in [3.05, 3.63) is 145 Å². The summed E-state index contributed by atoms with van der Waals surface area (Å²) in [6.07, 6.45) is 3.71. The molecule has 0 aliphatic heterocycles. The number of pyridine rings is 1. The maximum absolute atomic E-state index is 7.23. The molecule has 0 aliphatic carbocycles. The lowest BCUT2D eigenvalue weighted by atomic mass is 9.97. The maximum atomic E-state index is 7.23. The van der Waals surface area contributed by atoms with E-state index in [4.69, 9.17) is 6.57 Å². The summed E-state index contributed by atoms with van der Waals surface area (Å²) in [4.78, 5) is 7.78. The van der Waals surface area contributed by atoms with E-state index in [0.29, 0.717) is 5.69 Å². The fraction of sp³-hybridized carbons (Fsp3) is 0. The fourth-order valence-electron chi connectivity index (χ4n) is 5.25. The Labute approximate surface area is 231 Å². The minimum Gasteiger partial charge on any atom is -0.264 e. The number of thiophene rings is 1. The van der Waals surface area contributed by atoms with Crippen molar-refractivity contribution in [2.45, 2.75) is 0 Å². The number of aromatic nitrogens is 1. The molecule has 0 aliphatic rings. The van der Waals surface area contributed by atoms with Crippen LogP contribution in [0.1, 0.15) is 0 Å². The van der Waals surface area contributed by atoms with E-state index in [0.717, 1.165) is 16.7 Å². The van der Waals surface area contributed by atoms with Gasteiger partial charge < -0.3 is 0 Å². The molecule has 2 nitrogen and oxygen atoms in total. The number of rotatable bonds is 4. The summed E-state index contributed by atoms with van der Waals surface area (Å²) in [6.45, 7) is 7.23. The van der Waals surface area contributed by atoms with Crippen LogP contribution < -0.4 is 0 Å². The minimum absolute atomic E-state index is 0.660. The Morgan fingerprint density at radius 1 is 0.513 bits per heavy atom. The molecule has 7 aromatic rings. The van der Waals surface area contributed by atoms with Gasteiger partial charge in [0.15, 0.2) is 5.69 Å². The fourth-order valence-corrected chi connectivity index (χ4v) is 6.62. The van der Waals surface area contributed by atoms with E-state index in [1.54, 1.807) is 6.20 Å². The highest BCUT2D eigenvalue weighted by Gasteiger charge is 2.14. The first-order valence-corrected chi connectivity index (χ1v) is 13.6. The van der Waals surface area contributed by atoms with Crippen molar-refractivity contribution in [2.24, 2.45) is 0 Å². The van der Waals surface area contributed by atoms with Gasteiger partial charge in [-0.05, 0) is 56.6 Å². The van der Waals surface area contributed by atoms with Gasteiger partial charge in [-0.2, -0.15) is 0 Å². The summed E-state index contributed by atoms with van der Waals surface area (Å²) in [7, 11) is 0. The molecule has 39 heavy (non-hydrogen) atoms. The smallest absolute Gasteiger partial charge is 0.187 e. The van der Waals surface area contributed by atoms with Crippen LogP contribution in [0.3, 0.4) is 0 Å². The summed E-state index contributed by atoms with van der Waals surface area (Å²) in [5, 5.41) is 2.57. The zero-order valence-electron chi connectivity index (χ0n) is 21.0. The molecule has 0 amide bonds. The predicted octanol–water partition coefficient (Wildman–Crippen LogP) is 10.7. The molecule has 0 N–H and O–H groups in total. The monoisotopic (exact) mass is 514 g/mol. The van der Waals surface area contributed by atoms with Crippen molar-refractivity contribution in [1.82, 2.24) is 4.98 Å². The summed E-state index contributed by atoms with van der Waals surface area (Å²) in [5.74, 6) is 0. The molecular weight excluding hydrogens is 492 g/mol. The quantitative estimate of drug-likeness (QED) is 0.214. The molecule has 0 bridgehead atoms. The molecule has 2 heterocycles. The molecule has 0 unspecified atom stereocenters. The van der Waals surface area contributed by atoms with E-state index in [-0.39, 0.29) is 0 Å². The van der Waals surface area contributed by atoms with Gasteiger partial charge in [0.05, 0.1) is 6.57 Å². The van der Waals surface area contributed by atoms with Crippen molar-refractivity contribution in [3.63, 3.8) is 0 Å². The highest BCUT2D eigenvalue weighted by molar-refractivity contribution is 7.26. The van der Waals surface area contributed by atoms with Gasteiger partial charge in [-0.15, -0.1) is 11.3 Å². The second-order valence-corrected chi connectivity index (χ2v) is 10.5. The second kappa shape index (κ2) is 9.68. The SMILES string of the molecule is [C-]#[N+]c1ccc(-c2cccc(-c3cccc4c3sc3c(-c5ccc(-c6cccnc6)cc5)cccc34)c2)cc1. The lowest BCUT2D eigenvalue weighted by Gasteiger charge is -2.07. The Morgan fingerprint density at radius 2 is 1.08 bits per heavy atom. The molecule has 0 fully saturated rings. The van der Waals surface area contributed by atoms with Gasteiger partial charge in [0.25, 0.3) is 0 Å². The molecule has 182 valence electrons. The van der Waals surface area contributed by atoms with Gasteiger partial charge in [-0.3, -0.25) is 4.98 Å². The zero-order chi connectivity index (χ0) is 26.2. The third-order valence-corrected chi connectivity index (χ3v) is 8.51. The highest BCUT2D eigenvalue weighted by Crippen LogP contribution is 2.44. The highest BCUT2D eigenvalue weighted by atomic mass is 32.1. The minimum atomic E-state index is 0.660. The number of fused-ring (bicyclic) bond motifs is 3. The zero-order valence-corrected chi connectivity index (χ0v) is 21.8. The maximum Gasteiger partial charge on any atom is 0.187 e. The van der Waals surface area contributed by atoms with Crippen LogP contribution in [0.4, 0.5) is 5.69 Å². The first kappa shape index (κ1) is 23.1. The van der Waals surface area contributed by atoms with Crippen LogP contribution >= 0.6 is 11.3 Å². The van der Waals surface area contributed by atoms with Crippen molar-refractivity contribution in [1.29, 1.82) is 0 Å². The van der Waals surface area contributed by atoms with Gasteiger partial charge in [0.1, 0.15) is 0 Å². The predicted molar refractivity (Wildman–Crippen MR) is 165 cm³/mol. The molecule has 0 saturated heterocycles. The van der Waals surface area contributed by atoms with Gasteiger partial charge in [0.2, 0.25) is 0 Å². The topological polar surface area (TPSA) is 17.2 Å². The summed E-state index contributed by atoms with van der Waals surface area (Å²) in [5.41, 5.74) is 10.1. The average molecular weight is 515 g/mol. The van der Waals surface area contributed by atoms with E-state index in [2.05, 4.69) is 101 Å². The molecule has 0 saturated carbocycles. The third-order valence-electron chi connectivity index (χ3n) is 7.22. The molecule has 2 aromatic heterocycles. The second-order valence-electron chi connectivity index (χ2n) is 9.53. The van der Waals surface area contributed by atoms with Crippen molar-refractivity contribution < 1.29 is 0 Å². The molecule has 0 spiro atoms. The van der Waals surface area contributed by atoms with Crippen molar-refractivity contribution >= 4 is 37.2 Å². The van der Waals surface area contributed by atoms with Gasteiger partial charge in [-0.1, -0.05) is 109 Å². The van der Waals surface area contributed by atoms with Crippen LogP contribution in [-0.4, -0.2) is 4.98 Å². The molecular formula is C36H22N2S. The van der Waals surface area contributed by atoms with Crippen molar-refractivity contribution in [2.75, 3.05) is 0 Å². The van der Waals surface area contributed by atoms with E-state index in [1.165, 1.54) is 48.0 Å². The molecule has 5 aromatic carbocycles. The standard InChI is InChI=1S/C36H22N2S/c1-37-30-19-17-24(18-20-30)27-6-2-7-28(22-27)32-10-4-12-34-33-11-3-9-31(35(33)39-36(32)34)26-15-13-25(14-16-26)29-8-5-21-38-23-29/h2-23H. The van der Waals surface area contributed by atoms with Crippen LogP contribution in [0.15, 0.2) is 134 Å². The first-order chi connectivity index (χ1) is 19.3. The van der Waals surface area contributed by atoms with Crippen LogP contribution in [0.5, 0.6) is 0 Å². The largest absolute Gasteiger partial charge is 0.264 e. The van der Waals surface area contributed by atoms with Gasteiger partial charge in [-0.25, -0.2) is 4.85 Å². The Hall–Kier alpha value is -5.04. The molecule has 7 rings (SSSR count). The number of hydrogen-bond acceptors (Lipinski definition) is 2.